The SMILES string of the molecule is Cc1ccc(C(=O)N2CCC3(CC2)OCC(C(=O)N2CCOCC2)N3C(=O)c2ccc(F)cc2)cc1. The number of halogens is 1. The molecule has 0 aliphatic carbocycles. The molecule has 0 bridgehead atoms. The second kappa shape index (κ2) is 9.99. The van der Waals surface area contributed by atoms with Crippen molar-refractivity contribution in [2.24, 2.45) is 0 Å². The molecule has 1 unspecified atom stereocenters. The number of piperidine rings is 1. The van der Waals surface area contributed by atoms with Crippen LogP contribution < -0.4 is 0 Å². The van der Waals surface area contributed by atoms with Crippen molar-refractivity contribution in [3.05, 3.63) is 71.0 Å². The van der Waals surface area contributed by atoms with Crippen molar-refractivity contribution >= 4 is 17.7 Å². The summed E-state index contributed by atoms with van der Waals surface area (Å²) in [4.78, 5) is 45.3. The molecule has 2 aromatic rings. The number of morpholine rings is 1. The van der Waals surface area contributed by atoms with Gasteiger partial charge in [0.15, 0.2) is 0 Å². The molecule has 36 heavy (non-hydrogen) atoms. The van der Waals surface area contributed by atoms with Gasteiger partial charge in [0, 0.05) is 50.1 Å². The Bertz CT molecular complexity index is 1120. The van der Waals surface area contributed by atoms with Crippen LogP contribution in [0.5, 0.6) is 0 Å². The van der Waals surface area contributed by atoms with Crippen molar-refractivity contribution in [2.45, 2.75) is 31.5 Å². The molecule has 3 aliphatic rings. The minimum atomic E-state index is -1.01. The fourth-order valence-electron chi connectivity index (χ4n) is 5.22. The molecule has 1 atom stereocenters. The van der Waals surface area contributed by atoms with Gasteiger partial charge in [0.25, 0.3) is 11.8 Å². The smallest absolute Gasteiger partial charge is 0.256 e. The van der Waals surface area contributed by atoms with Gasteiger partial charge in [-0.05, 0) is 43.3 Å². The Morgan fingerprint density at radius 2 is 1.42 bits per heavy atom. The van der Waals surface area contributed by atoms with Gasteiger partial charge in [0.1, 0.15) is 17.6 Å². The summed E-state index contributed by atoms with van der Waals surface area (Å²) in [5.74, 6) is -1.07. The van der Waals surface area contributed by atoms with E-state index in [1.54, 1.807) is 14.7 Å². The highest BCUT2D eigenvalue weighted by atomic mass is 19.1. The first kappa shape index (κ1) is 24.4. The molecule has 0 aromatic heterocycles. The molecule has 0 saturated carbocycles. The minimum Gasteiger partial charge on any atom is -0.378 e. The molecule has 9 heteroatoms. The van der Waals surface area contributed by atoms with Crippen molar-refractivity contribution in [3.8, 4) is 0 Å². The van der Waals surface area contributed by atoms with Crippen molar-refractivity contribution in [1.29, 1.82) is 0 Å². The summed E-state index contributed by atoms with van der Waals surface area (Å²) in [7, 11) is 0. The van der Waals surface area contributed by atoms with Gasteiger partial charge in [-0.15, -0.1) is 0 Å². The number of benzene rings is 2. The van der Waals surface area contributed by atoms with Gasteiger partial charge in [0.05, 0.1) is 19.8 Å². The predicted molar refractivity (Wildman–Crippen MR) is 129 cm³/mol. The van der Waals surface area contributed by atoms with Crippen LogP contribution in [0.15, 0.2) is 48.5 Å². The summed E-state index contributed by atoms with van der Waals surface area (Å²) < 4.78 is 25.2. The molecule has 8 nitrogen and oxygen atoms in total. The van der Waals surface area contributed by atoms with E-state index < -0.39 is 17.6 Å². The Kier molecular flexibility index (Phi) is 6.77. The number of carbonyl (C=O) groups is 3. The zero-order valence-electron chi connectivity index (χ0n) is 20.3. The quantitative estimate of drug-likeness (QED) is 0.654. The van der Waals surface area contributed by atoms with E-state index in [1.807, 2.05) is 31.2 Å². The first-order chi connectivity index (χ1) is 17.4. The summed E-state index contributed by atoms with van der Waals surface area (Å²) in [6.45, 7) is 4.64. The Hall–Kier alpha value is -3.30. The Balaban J connectivity index is 1.39. The van der Waals surface area contributed by atoms with Crippen molar-refractivity contribution in [2.75, 3.05) is 46.0 Å². The number of hydrogen-bond donors (Lipinski definition) is 0. The predicted octanol–water partition coefficient (Wildman–Crippen LogP) is 2.47. The van der Waals surface area contributed by atoms with Crippen LogP contribution in [0.4, 0.5) is 4.39 Å². The molecule has 3 fully saturated rings. The number of rotatable bonds is 3. The molecule has 3 amide bonds. The summed E-state index contributed by atoms with van der Waals surface area (Å²) in [6, 6.07) is 12.0. The zero-order valence-corrected chi connectivity index (χ0v) is 20.3. The molecule has 0 radical (unpaired) electrons. The van der Waals surface area contributed by atoms with Crippen LogP contribution in [-0.2, 0) is 14.3 Å². The van der Waals surface area contributed by atoms with Crippen LogP contribution in [0.2, 0.25) is 0 Å². The van der Waals surface area contributed by atoms with E-state index in [1.165, 1.54) is 24.3 Å². The number of amides is 3. The van der Waals surface area contributed by atoms with E-state index in [-0.39, 0.29) is 24.3 Å². The van der Waals surface area contributed by atoms with Gasteiger partial charge in [-0.2, -0.15) is 0 Å². The number of aryl methyl sites for hydroxylation is 1. The van der Waals surface area contributed by atoms with Crippen LogP contribution in [0.3, 0.4) is 0 Å². The topological polar surface area (TPSA) is 79.4 Å². The molecule has 5 rings (SSSR count). The van der Waals surface area contributed by atoms with Gasteiger partial charge < -0.3 is 19.3 Å². The maximum absolute atomic E-state index is 13.7. The molecule has 3 saturated heterocycles. The Labute approximate surface area is 209 Å². The highest BCUT2D eigenvalue weighted by Crippen LogP contribution is 2.39. The third-order valence-electron chi connectivity index (χ3n) is 7.31. The molecule has 2 aromatic carbocycles. The summed E-state index contributed by atoms with van der Waals surface area (Å²) in [5, 5.41) is 0. The normalized spacial score (nSPS) is 21.6. The second-order valence-corrected chi connectivity index (χ2v) is 9.55. The van der Waals surface area contributed by atoms with E-state index in [0.717, 1.165) is 5.56 Å². The van der Waals surface area contributed by atoms with Gasteiger partial charge >= 0.3 is 0 Å². The number of hydrogen-bond acceptors (Lipinski definition) is 5. The van der Waals surface area contributed by atoms with Crippen LogP contribution in [0.25, 0.3) is 0 Å². The lowest BCUT2D eigenvalue weighted by Gasteiger charge is -2.45. The largest absolute Gasteiger partial charge is 0.378 e. The average molecular weight is 496 g/mol. The minimum absolute atomic E-state index is 0.0693. The molecular weight excluding hydrogens is 465 g/mol. The first-order valence-corrected chi connectivity index (χ1v) is 12.3. The van der Waals surface area contributed by atoms with Crippen LogP contribution in [0.1, 0.15) is 39.1 Å². The van der Waals surface area contributed by atoms with Gasteiger partial charge in [-0.1, -0.05) is 17.7 Å². The average Bonchev–Trinajstić information content (AvgIpc) is 3.27. The van der Waals surface area contributed by atoms with Crippen LogP contribution in [0, 0.1) is 12.7 Å². The van der Waals surface area contributed by atoms with Gasteiger partial charge in [-0.25, -0.2) is 4.39 Å². The maximum Gasteiger partial charge on any atom is 0.256 e. The number of likely N-dealkylation sites (tertiary alicyclic amines) is 1. The maximum atomic E-state index is 13.7. The first-order valence-electron chi connectivity index (χ1n) is 12.3. The molecule has 3 heterocycles. The molecule has 3 aliphatic heterocycles. The van der Waals surface area contributed by atoms with Crippen molar-refractivity contribution in [1.82, 2.24) is 14.7 Å². The van der Waals surface area contributed by atoms with Gasteiger partial charge in [0.2, 0.25) is 5.91 Å². The monoisotopic (exact) mass is 495 g/mol. The summed E-state index contributed by atoms with van der Waals surface area (Å²) in [5.41, 5.74) is 0.972. The van der Waals surface area contributed by atoms with Crippen molar-refractivity contribution in [3.63, 3.8) is 0 Å². The lowest BCUT2D eigenvalue weighted by Crippen LogP contribution is -2.60. The molecule has 0 N–H and O–H groups in total. The van der Waals surface area contributed by atoms with E-state index in [4.69, 9.17) is 9.47 Å². The third-order valence-corrected chi connectivity index (χ3v) is 7.31. The number of carbonyl (C=O) groups excluding carboxylic acids is 3. The Morgan fingerprint density at radius 1 is 0.833 bits per heavy atom. The van der Waals surface area contributed by atoms with Crippen molar-refractivity contribution < 1.29 is 28.2 Å². The van der Waals surface area contributed by atoms with Gasteiger partial charge in [-0.3, -0.25) is 19.3 Å². The fourth-order valence-corrected chi connectivity index (χ4v) is 5.22. The summed E-state index contributed by atoms with van der Waals surface area (Å²) in [6.07, 6.45) is 0.759. The third kappa shape index (κ3) is 4.60. The zero-order chi connectivity index (χ0) is 25.3. The molecule has 190 valence electrons. The molecular formula is C27H30FN3O5. The van der Waals surface area contributed by atoms with Crippen LogP contribution in [-0.4, -0.2) is 90.2 Å². The lowest BCUT2D eigenvalue weighted by atomic mass is 9.96. The fraction of sp³-hybridized carbons (Fsp3) is 0.444. The number of ether oxygens (including phenoxy) is 2. The van der Waals surface area contributed by atoms with Crippen LogP contribution >= 0.6 is 0 Å². The highest BCUT2D eigenvalue weighted by molar-refractivity contribution is 5.98. The van der Waals surface area contributed by atoms with E-state index >= 15 is 0 Å². The number of nitrogens with zero attached hydrogens (tertiary/aromatic N) is 3. The summed E-state index contributed by atoms with van der Waals surface area (Å²) >= 11 is 0. The van der Waals surface area contributed by atoms with E-state index in [0.29, 0.717) is 63.4 Å². The van der Waals surface area contributed by atoms with E-state index in [2.05, 4.69) is 0 Å². The van der Waals surface area contributed by atoms with E-state index in [9.17, 15) is 18.8 Å². The lowest BCUT2D eigenvalue weighted by molar-refractivity contribution is -0.141. The molecule has 1 spiro atoms. The Morgan fingerprint density at radius 3 is 2.06 bits per heavy atom. The standard InChI is InChI=1S/C27H30FN3O5/c1-19-2-4-20(5-3-19)24(32)29-12-10-27(11-13-29)31(25(33)21-6-8-22(28)9-7-21)23(18-36-27)26(34)30-14-16-35-17-15-30/h2-9,23H,10-18H2,1H3. The highest BCUT2D eigenvalue weighted by Gasteiger charge is 2.55. The second-order valence-electron chi connectivity index (χ2n) is 9.55.